The van der Waals surface area contributed by atoms with Crippen molar-refractivity contribution >= 4 is 30.1 Å². The molecule has 4 nitrogen and oxygen atoms in total. The van der Waals surface area contributed by atoms with Crippen LogP contribution in [0.4, 0.5) is 0 Å². The molecule has 1 fully saturated rings. The maximum Gasteiger partial charge on any atom is 0.223 e. The first-order valence-corrected chi connectivity index (χ1v) is 6.70. The molecular weight excluding hydrogens is 248 g/mol. The monoisotopic (exact) mass is 268 g/mol. The van der Waals surface area contributed by atoms with Crippen LogP contribution in [0.3, 0.4) is 0 Å². The summed E-state index contributed by atoms with van der Waals surface area (Å²) >= 11 is 1.67. The number of halogens is 1. The van der Waals surface area contributed by atoms with Gasteiger partial charge in [-0.25, -0.2) is 0 Å². The second-order valence-electron chi connectivity index (χ2n) is 4.09. The van der Waals surface area contributed by atoms with Crippen molar-refractivity contribution in [2.24, 2.45) is 11.8 Å². The fourth-order valence-corrected chi connectivity index (χ4v) is 2.31. The maximum absolute atomic E-state index is 11.6. The molecule has 1 amide bonds. The van der Waals surface area contributed by atoms with Crippen LogP contribution in [-0.4, -0.2) is 48.8 Å². The highest BCUT2D eigenvalue weighted by atomic mass is 35.5. The maximum atomic E-state index is 11.6. The van der Waals surface area contributed by atoms with Crippen LogP contribution >= 0.6 is 24.2 Å². The van der Waals surface area contributed by atoms with Crippen molar-refractivity contribution in [3.63, 3.8) is 0 Å². The average molecular weight is 269 g/mol. The number of thioether (sulfide) groups is 1. The molecule has 0 aromatic heterocycles. The number of aliphatic hydroxyl groups excluding tert-OH is 1. The Morgan fingerprint density at radius 3 is 2.81 bits per heavy atom. The van der Waals surface area contributed by atoms with Crippen LogP contribution in [0, 0.1) is 11.8 Å². The predicted molar refractivity (Wildman–Crippen MR) is 70.2 cm³/mol. The van der Waals surface area contributed by atoms with E-state index in [4.69, 9.17) is 0 Å². The molecular formula is C10H21ClN2O2S. The normalized spacial score (nSPS) is 25.9. The van der Waals surface area contributed by atoms with E-state index >= 15 is 0 Å². The zero-order chi connectivity index (χ0) is 11.3. The van der Waals surface area contributed by atoms with Gasteiger partial charge in [-0.3, -0.25) is 4.79 Å². The third kappa shape index (κ3) is 4.91. The molecule has 6 heteroatoms. The minimum absolute atomic E-state index is 0. The molecule has 1 heterocycles. The minimum Gasteiger partial charge on any atom is -0.391 e. The van der Waals surface area contributed by atoms with Crippen LogP contribution < -0.4 is 10.6 Å². The Morgan fingerprint density at radius 2 is 2.31 bits per heavy atom. The number of nitrogens with one attached hydrogen (secondary N) is 2. The smallest absolute Gasteiger partial charge is 0.223 e. The predicted octanol–water partition coefficient (Wildman–Crippen LogP) is 0.104. The number of carbonyl (C=O) groups is 1. The third-order valence-corrected chi connectivity index (χ3v) is 3.54. The zero-order valence-electron chi connectivity index (χ0n) is 9.73. The summed E-state index contributed by atoms with van der Waals surface area (Å²) in [6.45, 7) is 3.93. The van der Waals surface area contributed by atoms with Crippen molar-refractivity contribution in [3.05, 3.63) is 0 Å². The van der Waals surface area contributed by atoms with Gasteiger partial charge < -0.3 is 15.7 Å². The van der Waals surface area contributed by atoms with E-state index in [0.29, 0.717) is 13.1 Å². The summed E-state index contributed by atoms with van der Waals surface area (Å²) in [4.78, 5) is 11.6. The van der Waals surface area contributed by atoms with Crippen LogP contribution in [0.5, 0.6) is 0 Å². The van der Waals surface area contributed by atoms with Gasteiger partial charge in [0.1, 0.15) is 0 Å². The number of rotatable bonds is 5. The second kappa shape index (κ2) is 8.17. The van der Waals surface area contributed by atoms with E-state index in [1.54, 1.807) is 11.8 Å². The Hall–Kier alpha value is 0.0300. The highest BCUT2D eigenvalue weighted by molar-refractivity contribution is 7.98. The van der Waals surface area contributed by atoms with Crippen molar-refractivity contribution in [1.82, 2.24) is 10.6 Å². The van der Waals surface area contributed by atoms with Crippen molar-refractivity contribution < 1.29 is 9.90 Å². The Balaban J connectivity index is 0.00000225. The van der Waals surface area contributed by atoms with Gasteiger partial charge in [-0.2, -0.15) is 11.8 Å². The van der Waals surface area contributed by atoms with E-state index in [1.165, 1.54) is 0 Å². The number of β-amino-alcohol motifs (C(OH)–C–C–N with tert-alkyl or cyclic N) is 1. The molecule has 96 valence electrons. The summed E-state index contributed by atoms with van der Waals surface area (Å²) in [5.41, 5.74) is 0. The largest absolute Gasteiger partial charge is 0.391 e. The van der Waals surface area contributed by atoms with Crippen molar-refractivity contribution in [1.29, 1.82) is 0 Å². The molecule has 1 saturated heterocycles. The summed E-state index contributed by atoms with van der Waals surface area (Å²) in [6.07, 6.45) is 1.68. The minimum atomic E-state index is -0.318. The molecule has 3 unspecified atom stereocenters. The van der Waals surface area contributed by atoms with E-state index in [1.807, 2.05) is 13.2 Å². The molecule has 0 aromatic carbocycles. The molecule has 0 radical (unpaired) electrons. The van der Waals surface area contributed by atoms with Gasteiger partial charge in [-0.1, -0.05) is 6.92 Å². The molecule has 0 aromatic rings. The average Bonchev–Trinajstić information content (AvgIpc) is 2.61. The van der Waals surface area contributed by atoms with Gasteiger partial charge in [0.05, 0.1) is 6.10 Å². The van der Waals surface area contributed by atoms with Crippen LogP contribution in [0.2, 0.25) is 0 Å². The number of carbonyl (C=O) groups excluding carboxylic acids is 1. The molecule has 0 bridgehead atoms. The van der Waals surface area contributed by atoms with Crippen LogP contribution in [0.1, 0.15) is 6.92 Å². The molecule has 0 aliphatic carbocycles. The van der Waals surface area contributed by atoms with Crippen LogP contribution in [0.15, 0.2) is 0 Å². The second-order valence-corrected chi connectivity index (χ2v) is 5.00. The van der Waals surface area contributed by atoms with Gasteiger partial charge in [0.25, 0.3) is 0 Å². The van der Waals surface area contributed by atoms with Crippen molar-refractivity contribution in [2.75, 3.05) is 31.6 Å². The van der Waals surface area contributed by atoms with E-state index in [-0.39, 0.29) is 36.3 Å². The lowest BCUT2D eigenvalue weighted by atomic mass is 10.1. The Morgan fingerprint density at radius 1 is 1.62 bits per heavy atom. The zero-order valence-corrected chi connectivity index (χ0v) is 11.4. The number of aliphatic hydroxyl groups is 1. The molecule has 1 rings (SSSR count). The van der Waals surface area contributed by atoms with Crippen LogP contribution in [0.25, 0.3) is 0 Å². The van der Waals surface area contributed by atoms with Crippen molar-refractivity contribution in [3.8, 4) is 0 Å². The van der Waals surface area contributed by atoms with E-state index in [2.05, 4.69) is 10.6 Å². The molecule has 0 saturated carbocycles. The topological polar surface area (TPSA) is 61.4 Å². The summed E-state index contributed by atoms with van der Waals surface area (Å²) in [6, 6.07) is 0. The van der Waals surface area contributed by atoms with Crippen molar-refractivity contribution in [2.45, 2.75) is 13.0 Å². The highest BCUT2D eigenvalue weighted by Crippen LogP contribution is 2.08. The van der Waals surface area contributed by atoms with Gasteiger partial charge in [0, 0.05) is 37.2 Å². The van der Waals surface area contributed by atoms with E-state index in [0.717, 1.165) is 12.3 Å². The first-order valence-electron chi connectivity index (χ1n) is 5.30. The Labute approximate surface area is 107 Å². The Kier molecular flexibility index (Phi) is 8.18. The lowest BCUT2D eigenvalue weighted by Crippen LogP contribution is -2.37. The quantitative estimate of drug-likeness (QED) is 0.662. The third-order valence-electron chi connectivity index (χ3n) is 2.71. The van der Waals surface area contributed by atoms with Crippen LogP contribution in [-0.2, 0) is 4.79 Å². The molecule has 16 heavy (non-hydrogen) atoms. The SMILES string of the molecule is CSCC(C)C(=O)NCC1CNCC1O.Cl. The summed E-state index contributed by atoms with van der Waals surface area (Å²) in [5, 5.41) is 15.5. The summed E-state index contributed by atoms with van der Waals surface area (Å²) in [5.74, 6) is 1.14. The lowest BCUT2D eigenvalue weighted by Gasteiger charge is -2.16. The highest BCUT2D eigenvalue weighted by Gasteiger charge is 2.25. The van der Waals surface area contributed by atoms with Gasteiger partial charge in [-0.05, 0) is 6.26 Å². The molecule has 3 N–H and O–H groups in total. The summed E-state index contributed by atoms with van der Waals surface area (Å²) < 4.78 is 0. The molecule has 1 aliphatic heterocycles. The van der Waals surface area contributed by atoms with E-state index < -0.39 is 0 Å². The lowest BCUT2D eigenvalue weighted by molar-refractivity contribution is -0.124. The van der Waals surface area contributed by atoms with Gasteiger partial charge in [0.2, 0.25) is 5.91 Å². The first-order chi connectivity index (χ1) is 7.15. The van der Waals surface area contributed by atoms with Gasteiger partial charge in [-0.15, -0.1) is 12.4 Å². The first kappa shape index (κ1) is 16.0. The number of amides is 1. The molecule has 1 aliphatic rings. The fourth-order valence-electron chi connectivity index (χ4n) is 1.66. The van der Waals surface area contributed by atoms with E-state index in [9.17, 15) is 9.90 Å². The number of hydrogen-bond acceptors (Lipinski definition) is 4. The standard InChI is InChI=1S/C10H20N2O2S.ClH/c1-7(6-15-2)10(14)12-4-8-3-11-5-9(8)13;/h7-9,11,13H,3-6H2,1-2H3,(H,12,14);1H. The molecule has 3 atom stereocenters. The Bertz CT molecular complexity index is 219. The van der Waals surface area contributed by atoms with Gasteiger partial charge >= 0.3 is 0 Å². The molecule has 0 spiro atoms. The summed E-state index contributed by atoms with van der Waals surface area (Å²) in [7, 11) is 0. The fraction of sp³-hybridized carbons (Fsp3) is 0.900. The number of hydrogen-bond donors (Lipinski definition) is 3. The van der Waals surface area contributed by atoms with Gasteiger partial charge in [0.15, 0.2) is 0 Å².